The maximum atomic E-state index is 2.06. The Balaban J connectivity index is -0.0000000450. The van der Waals surface area contributed by atoms with Gasteiger partial charge in [0.15, 0.2) is 0 Å². The fourth-order valence-corrected chi connectivity index (χ4v) is 0. The predicted octanol–water partition coefficient (Wildman–Crippen LogP) is 1.85. The second-order valence-corrected chi connectivity index (χ2v) is 3.00. The van der Waals surface area contributed by atoms with Gasteiger partial charge in [-0.2, -0.15) is 0 Å². The molecule has 0 saturated heterocycles. The Labute approximate surface area is 37.7 Å². The fraction of sp³-hybridized carbons (Fsp3) is 1.00. The molecule has 0 heterocycles. The zero-order valence-corrected chi connectivity index (χ0v) is 4.45. The third-order valence-corrected chi connectivity index (χ3v) is 1.50. The van der Waals surface area contributed by atoms with Crippen LogP contribution in [0.5, 0.6) is 0 Å². The number of rotatable bonds is 1. The summed E-state index contributed by atoms with van der Waals surface area (Å²) in [5.74, 6) is 0. The molecule has 0 rings (SSSR count). The zero-order valence-electron chi connectivity index (χ0n) is 4.82. The van der Waals surface area contributed by atoms with Gasteiger partial charge in [0.1, 0.15) is 0 Å². The van der Waals surface area contributed by atoms with Crippen LogP contribution in [0.15, 0.2) is 0 Å². The lowest BCUT2D eigenvalue weighted by Gasteiger charge is -1.69. The average Bonchev–Trinajstić information content (AvgIpc) is 1.37. The molecule has 0 aliphatic heterocycles. The minimum atomic E-state index is 0. The third-order valence-electron chi connectivity index (χ3n) is 0.167. The highest BCUT2D eigenvalue weighted by Crippen LogP contribution is 2.09. The van der Waals surface area contributed by atoms with Gasteiger partial charge in [0.05, 0.1) is 0 Å². The Morgan fingerprint density at radius 3 is 1.50 bits per heavy atom. The molecule has 0 N–H and O–H groups in total. The van der Waals surface area contributed by atoms with E-state index in [0.717, 1.165) is 0 Å². The molecule has 0 spiro atoms. The molecule has 0 bridgehead atoms. The van der Waals surface area contributed by atoms with Crippen LogP contribution in [0.2, 0.25) is 0 Å². The van der Waals surface area contributed by atoms with Crippen LogP contribution in [0.25, 0.3) is 0 Å². The highest BCUT2D eigenvalue weighted by Gasteiger charge is 1.55. The van der Waals surface area contributed by atoms with Gasteiger partial charge in [-0.3, -0.25) is 0 Å². The third kappa shape index (κ3) is 2.70. The Kier molecular flexibility index (Phi) is 4.35. The van der Waals surface area contributed by atoms with E-state index in [-0.39, 0.29) is 2.85 Å². The topological polar surface area (TPSA) is 0 Å². The first kappa shape index (κ1) is 4.70. The van der Waals surface area contributed by atoms with Crippen LogP contribution in [0.4, 0.5) is 0 Å². The quantitative estimate of drug-likeness (QED) is 0.457. The standard InChI is InChI=1S/C2H6S2/c1-3-4-2/h1-2H3/p+2. The van der Waals surface area contributed by atoms with E-state index in [4.69, 9.17) is 0 Å². The second kappa shape index (κ2) is 3.70. The smallest absolute Gasteiger partial charge is 0.0979 e. The van der Waals surface area contributed by atoms with Gasteiger partial charge >= 0.3 is 2.85 Å². The van der Waals surface area contributed by atoms with Crippen LogP contribution in [0, 0.1) is 0 Å². The molecular weight excluding hydrogens is 88.2 g/mol. The highest BCUT2D eigenvalue weighted by molar-refractivity contribution is 8.76. The van der Waals surface area contributed by atoms with Gasteiger partial charge in [-0.15, -0.1) is 0 Å². The van der Waals surface area contributed by atoms with E-state index in [0.29, 0.717) is 0 Å². The van der Waals surface area contributed by atoms with E-state index in [1.165, 1.54) is 0 Å². The first-order chi connectivity index (χ1) is 1.91. The molecule has 0 aliphatic rings. The van der Waals surface area contributed by atoms with Crippen LogP contribution in [-0.4, -0.2) is 12.5 Å². The minimum absolute atomic E-state index is 0. The summed E-state index contributed by atoms with van der Waals surface area (Å²) in [6.07, 6.45) is 4.12. The van der Waals surface area contributed by atoms with Gasteiger partial charge in [-0.1, -0.05) is 21.6 Å². The molecule has 2 heteroatoms. The second-order valence-electron chi connectivity index (χ2n) is 0.333. The van der Waals surface area contributed by atoms with Crippen LogP contribution < -0.4 is 0 Å². The molecule has 0 saturated carbocycles. The summed E-state index contributed by atoms with van der Waals surface area (Å²) in [7, 11) is 3.55. The van der Waals surface area contributed by atoms with Crippen molar-refractivity contribution < 1.29 is 2.85 Å². The average molecular weight is 96.2 g/mol. The molecule has 0 aromatic heterocycles. The summed E-state index contributed by atoms with van der Waals surface area (Å²) in [6, 6.07) is 0. The van der Waals surface area contributed by atoms with Crippen molar-refractivity contribution in [3.63, 3.8) is 0 Å². The first-order valence-corrected chi connectivity index (χ1v) is 3.95. The van der Waals surface area contributed by atoms with E-state index >= 15 is 0 Å². The number of hydrogen-bond acceptors (Lipinski definition) is 2. The van der Waals surface area contributed by atoms with Crippen molar-refractivity contribution in [3.05, 3.63) is 0 Å². The largest absolute Gasteiger partial charge is 1.00 e. The summed E-state index contributed by atoms with van der Waals surface area (Å²) >= 11 is 0. The maximum Gasteiger partial charge on any atom is 1.00 e. The lowest BCUT2D eigenvalue weighted by atomic mass is 12.0. The molecule has 0 aromatic carbocycles. The molecule has 0 fully saturated rings. The fourth-order valence-electron chi connectivity index (χ4n) is 0. The minimum Gasteiger partial charge on any atom is -0.0979 e. The molecule has 0 aromatic rings. The van der Waals surface area contributed by atoms with Gasteiger partial charge in [0.25, 0.3) is 0 Å². The van der Waals surface area contributed by atoms with Crippen molar-refractivity contribution >= 4 is 21.6 Å². The highest BCUT2D eigenvalue weighted by atomic mass is 33.1. The molecule has 0 atom stereocenters. The number of hydrogen-bond donors (Lipinski definition) is 0. The van der Waals surface area contributed by atoms with E-state index in [1.807, 2.05) is 0 Å². The molecule has 26 valence electrons. The summed E-state index contributed by atoms with van der Waals surface area (Å²) < 4.78 is 0. The van der Waals surface area contributed by atoms with E-state index in [1.54, 1.807) is 21.6 Å². The maximum absolute atomic E-state index is 2.06. The van der Waals surface area contributed by atoms with Crippen LogP contribution in [0.1, 0.15) is 2.85 Å². The Morgan fingerprint density at radius 1 is 1.25 bits per heavy atom. The van der Waals surface area contributed by atoms with Gasteiger partial charge in [-0.25, -0.2) is 0 Å². The SMILES string of the molecule is CSSC.[H+].[H+]. The lowest BCUT2D eigenvalue weighted by molar-refractivity contribution is 2.51. The summed E-state index contributed by atoms with van der Waals surface area (Å²) in [5.41, 5.74) is 0. The molecule has 0 amide bonds. The van der Waals surface area contributed by atoms with Gasteiger partial charge in [0.2, 0.25) is 0 Å². The Hall–Kier alpha value is 0.700. The monoisotopic (exact) mass is 96.0 g/mol. The molecule has 0 radical (unpaired) electrons. The summed E-state index contributed by atoms with van der Waals surface area (Å²) in [4.78, 5) is 0. The van der Waals surface area contributed by atoms with Crippen molar-refractivity contribution in [1.29, 1.82) is 0 Å². The normalized spacial score (nSPS) is 7.50. The summed E-state index contributed by atoms with van der Waals surface area (Å²) in [6.45, 7) is 0. The van der Waals surface area contributed by atoms with E-state index in [2.05, 4.69) is 12.5 Å². The Morgan fingerprint density at radius 2 is 1.50 bits per heavy atom. The van der Waals surface area contributed by atoms with Crippen molar-refractivity contribution in [2.24, 2.45) is 0 Å². The van der Waals surface area contributed by atoms with Gasteiger partial charge < -0.3 is 0 Å². The van der Waals surface area contributed by atoms with Crippen molar-refractivity contribution in [2.75, 3.05) is 12.5 Å². The first-order valence-electron chi connectivity index (χ1n) is 0.983. The van der Waals surface area contributed by atoms with E-state index < -0.39 is 0 Å². The lowest BCUT2D eigenvalue weighted by Crippen LogP contribution is -1.28. The molecule has 4 heavy (non-hydrogen) atoms. The predicted molar refractivity (Wildman–Crippen MR) is 29.3 cm³/mol. The van der Waals surface area contributed by atoms with Crippen LogP contribution in [-0.2, 0) is 0 Å². The molecule has 0 aliphatic carbocycles. The molecular formula is C2H8S2+2. The van der Waals surface area contributed by atoms with Crippen LogP contribution in [0.3, 0.4) is 0 Å². The summed E-state index contributed by atoms with van der Waals surface area (Å²) in [5, 5.41) is 0. The van der Waals surface area contributed by atoms with Crippen molar-refractivity contribution in [2.45, 2.75) is 0 Å². The molecule has 0 unspecified atom stereocenters. The van der Waals surface area contributed by atoms with E-state index in [9.17, 15) is 0 Å². The van der Waals surface area contributed by atoms with Gasteiger partial charge in [-0.05, 0) is 12.5 Å². The van der Waals surface area contributed by atoms with Crippen molar-refractivity contribution in [3.8, 4) is 0 Å². The molecule has 0 nitrogen and oxygen atoms in total. The van der Waals surface area contributed by atoms with Crippen molar-refractivity contribution in [1.82, 2.24) is 0 Å². The van der Waals surface area contributed by atoms with Gasteiger partial charge in [0, 0.05) is 0 Å². The zero-order chi connectivity index (χ0) is 3.41. The van der Waals surface area contributed by atoms with Crippen LogP contribution >= 0.6 is 21.6 Å². The Bertz CT molecular complexity index is 11.5.